The normalized spacial score (nSPS) is 16.1. The van der Waals surface area contributed by atoms with Gasteiger partial charge in [0.15, 0.2) is 0 Å². The Bertz CT molecular complexity index is 705. The van der Waals surface area contributed by atoms with Crippen LogP contribution in [0.2, 0.25) is 5.02 Å². The van der Waals surface area contributed by atoms with Crippen molar-refractivity contribution in [3.05, 3.63) is 50.9 Å². The van der Waals surface area contributed by atoms with Gasteiger partial charge in [0.2, 0.25) is 5.91 Å². The van der Waals surface area contributed by atoms with E-state index in [2.05, 4.69) is 15.7 Å². The van der Waals surface area contributed by atoms with Crippen molar-refractivity contribution in [3.8, 4) is 0 Å². The van der Waals surface area contributed by atoms with Gasteiger partial charge in [-0.15, -0.1) is 11.3 Å². The number of aryl methyl sites for hydroxylation is 2. The fourth-order valence-electron chi connectivity index (χ4n) is 3.68. The SMILES string of the molecule is Cc1csc(CCCCNC(=O)C2(c3ccc(Cl)cc3)CCCC2)n1. The van der Waals surface area contributed by atoms with E-state index in [4.69, 9.17) is 11.6 Å². The fraction of sp³-hybridized carbons (Fsp3) is 0.500. The fourth-order valence-corrected chi connectivity index (χ4v) is 4.63. The minimum atomic E-state index is -0.364. The van der Waals surface area contributed by atoms with Gasteiger partial charge in [0, 0.05) is 22.6 Å². The van der Waals surface area contributed by atoms with Crippen molar-refractivity contribution < 1.29 is 4.79 Å². The summed E-state index contributed by atoms with van der Waals surface area (Å²) in [6.07, 6.45) is 7.12. The van der Waals surface area contributed by atoms with Crippen molar-refractivity contribution in [2.75, 3.05) is 6.54 Å². The number of carbonyl (C=O) groups excluding carboxylic acids is 1. The van der Waals surface area contributed by atoms with Crippen LogP contribution < -0.4 is 5.32 Å². The Morgan fingerprint density at radius 2 is 1.96 bits per heavy atom. The smallest absolute Gasteiger partial charge is 0.230 e. The second kappa shape index (κ2) is 8.33. The molecular formula is C20H25ClN2OS. The molecule has 2 aromatic rings. The topological polar surface area (TPSA) is 42.0 Å². The van der Waals surface area contributed by atoms with Crippen LogP contribution in [-0.4, -0.2) is 17.4 Å². The number of hydrogen-bond donors (Lipinski definition) is 1. The number of thiazole rings is 1. The summed E-state index contributed by atoms with van der Waals surface area (Å²) in [5.74, 6) is 0.178. The van der Waals surface area contributed by atoms with E-state index < -0.39 is 0 Å². The highest BCUT2D eigenvalue weighted by Gasteiger charge is 2.42. The summed E-state index contributed by atoms with van der Waals surface area (Å²) in [5.41, 5.74) is 1.83. The Hall–Kier alpha value is -1.39. The van der Waals surface area contributed by atoms with Crippen LogP contribution in [0.1, 0.15) is 54.8 Å². The lowest BCUT2D eigenvalue weighted by Gasteiger charge is -2.28. The molecule has 134 valence electrons. The number of rotatable bonds is 7. The molecule has 1 saturated carbocycles. The van der Waals surface area contributed by atoms with E-state index in [1.807, 2.05) is 31.2 Å². The van der Waals surface area contributed by atoms with Gasteiger partial charge < -0.3 is 5.32 Å². The molecule has 1 aromatic carbocycles. The van der Waals surface area contributed by atoms with Crippen molar-refractivity contribution in [2.24, 2.45) is 0 Å². The summed E-state index contributed by atoms with van der Waals surface area (Å²) in [6.45, 7) is 2.76. The van der Waals surface area contributed by atoms with E-state index in [1.54, 1.807) is 11.3 Å². The molecule has 25 heavy (non-hydrogen) atoms. The average molecular weight is 377 g/mol. The lowest BCUT2D eigenvalue weighted by Crippen LogP contribution is -2.43. The van der Waals surface area contributed by atoms with Crippen molar-refractivity contribution in [3.63, 3.8) is 0 Å². The quantitative estimate of drug-likeness (QED) is 0.686. The van der Waals surface area contributed by atoms with Crippen LogP contribution >= 0.6 is 22.9 Å². The second-order valence-corrected chi connectivity index (χ2v) is 8.27. The molecule has 1 aliphatic rings. The van der Waals surface area contributed by atoms with Crippen LogP contribution in [0, 0.1) is 6.92 Å². The molecule has 0 unspecified atom stereocenters. The average Bonchev–Trinajstić information content (AvgIpc) is 3.25. The Morgan fingerprint density at radius 3 is 2.60 bits per heavy atom. The van der Waals surface area contributed by atoms with E-state index in [9.17, 15) is 4.79 Å². The molecule has 1 aliphatic carbocycles. The van der Waals surface area contributed by atoms with Gasteiger partial charge in [-0.1, -0.05) is 36.6 Å². The highest BCUT2D eigenvalue weighted by atomic mass is 35.5. The second-order valence-electron chi connectivity index (χ2n) is 6.89. The van der Waals surface area contributed by atoms with Gasteiger partial charge in [0.1, 0.15) is 0 Å². The van der Waals surface area contributed by atoms with Crippen molar-refractivity contribution >= 4 is 28.8 Å². The number of halogens is 1. The van der Waals surface area contributed by atoms with Gasteiger partial charge in [0.05, 0.1) is 10.4 Å². The number of nitrogens with zero attached hydrogens (tertiary/aromatic N) is 1. The number of unbranched alkanes of at least 4 members (excludes halogenated alkanes) is 1. The first-order valence-corrected chi connectivity index (χ1v) is 10.3. The van der Waals surface area contributed by atoms with E-state index in [1.165, 1.54) is 5.01 Å². The van der Waals surface area contributed by atoms with Crippen molar-refractivity contribution in [1.82, 2.24) is 10.3 Å². The van der Waals surface area contributed by atoms with Crippen LogP contribution in [0.5, 0.6) is 0 Å². The minimum Gasteiger partial charge on any atom is -0.355 e. The molecule has 1 amide bonds. The third-order valence-electron chi connectivity index (χ3n) is 5.06. The standard InChI is InChI=1S/C20H25ClN2OS/c1-15-14-25-18(23-15)6-2-5-13-22-19(24)20(11-3-4-12-20)16-7-9-17(21)10-8-16/h7-10,14H,2-6,11-13H2,1H3,(H,22,24). The molecular weight excluding hydrogens is 352 g/mol. The molecule has 0 saturated heterocycles. The molecule has 1 N–H and O–H groups in total. The maximum Gasteiger partial charge on any atom is 0.230 e. The van der Waals surface area contributed by atoms with Gasteiger partial charge in [-0.2, -0.15) is 0 Å². The Labute approximate surface area is 158 Å². The maximum absolute atomic E-state index is 12.9. The number of nitrogens with one attached hydrogen (secondary N) is 1. The molecule has 5 heteroatoms. The van der Waals surface area contributed by atoms with Crippen LogP contribution in [0.15, 0.2) is 29.6 Å². The largest absolute Gasteiger partial charge is 0.355 e. The summed E-state index contributed by atoms with van der Waals surface area (Å²) in [5, 5.41) is 7.18. The minimum absolute atomic E-state index is 0.178. The van der Waals surface area contributed by atoms with Gasteiger partial charge in [0.25, 0.3) is 0 Å². The first-order chi connectivity index (χ1) is 12.1. The maximum atomic E-state index is 12.9. The summed E-state index contributed by atoms with van der Waals surface area (Å²) < 4.78 is 0. The molecule has 1 fully saturated rings. The molecule has 3 nitrogen and oxygen atoms in total. The Morgan fingerprint density at radius 1 is 1.24 bits per heavy atom. The Balaban J connectivity index is 1.52. The summed E-state index contributed by atoms with van der Waals surface area (Å²) in [7, 11) is 0. The summed E-state index contributed by atoms with van der Waals surface area (Å²) in [6, 6.07) is 7.80. The number of hydrogen-bond acceptors (Lipinski definition) is 3. The number of benzene rings is 1. The van der Waals surface area contributed by atoms with E-state index in [0.29, 0.717) is 0 Å². The monoisotopic (exact) mass is 376 g/mol. The third kappa shape index (κ3) is 4.42. The summed E-state index contributed by atoms with van der Waals surface area (Å²) >= 11 is 7.73. The van der Waals surface area contributed by atoms with Crippen LogP contribution in [0.25, 0.3) is 0 Å². The first kappa shape index (κ1) is 18.4. The zero-order valence-corrected chi connectivity index (χ0v) is 16.3. The van der Waals surface area contributed by atoms with E-state index in [0.717, 1.165) is 67.8 Å². The molecule has 1 heterocycles. The number of carbonyl (C=O) groups is 1. The number of aromatic nitrogens is 1. The van der Waals surface area contributed by atoms with E-state index >= 15 is 0 Å². The zero-order valence-electron chi connectivity index (χ0n) is 14.7. The molecule has 3 rings (SSSR count). The molecule has 0 spiro atoms. The molecule has 1 aromatic heterocycles. The van der Waals surface area contributed by atoms with Crippen LogP contribution in [0.4, 0.5) is 0 Å². The third-order valence-corrected chi connectivity index (χ3v) is 6.34. The van der Waals surface area contributed by atoms with Gasteiger partial charge >= 0.3 is 0 Å². The van der Waals surface area contributed by atoms with Crippen molar-refractivity contribution in [1.29, 1.82) is 0 Å². The first-order valence-electron chi connectivity index (χ1n) is 9.05. The highest BCUT2D eigenvalue weighted by Crippen LogP contribution is 2.41. The summed E-state index contributed by atoms with van der Waals surface area (Å²) in [4.78, 5) is 17.4. The van der Waals surface area contributed by atoms with Crippen molar-refractivity contribution in [2.45, 2.75) is 57.3 Å². The molecule has 0 radical (unpaired) electrons. The lowest BCUT2D eigenvalue weighted by atomic mass is 9.78. The highest BCUT2D eigenvalue weighted by molar-refractivity contribution is 7.09. The van der Waals surface area contributed by atoms with Gasteiger partial charge in [-0.05, 0) is 56.7 Å². The molecule has 0 aliphatic heterocycles. The predicted molar refractivity (Wildman–Crippen MR) is 104 cm³/mol. The number of amides is 1. The van der Waals surface area contributed by atoms with Gasteiger partial charge in [-0.25, -0.2) is 4.98 Å². The van der Waals surface area contributed by atoms with E-state index in [-0.39, 0.29) is 11.3 Å². The predicted octanol–water partition coefficient (Wildman–Crippen LogP) is 5.06. The molecule has 0 bridgehead atoms. The zero-order chi connectivity index (χ0) is 17.7. The Kier molecular flexibility index (Phi) is 6.13. The molecule has 0 atom stereocenters. The van der Waals surface area contributed by atoms with Gasteiger partial charge in [-0.3, -0.25) is 4.79 Å². The lowest BCUT2D eigenvalue weighted by molar-refractivity contribution is -0.126. The van der Waals surface area contributed by atoms with Crippen LogP contribution in [0.3, 0.4) is 0 Å². The van der Waals surface area contributed by atoms with Crippen LogP contribution in [-0.2, 0) is 16.6 Å².